The van der Waals surface area contributed by atoms with Crippen molar-refractivity contribution in [3.05, 3.63) is 58.6 Å². The third-order valence-electron chi connectivity index (χ3n) is 2.95. The molecule has 0 aromatic heterocycles. The number of amides is 1. The minimum absolute atomic E-state index is 0.178. The molecule has 4 heteroatoms. The Morgan fingerprint density at radius 3 is 2.58 bits per heavy atom. The fraction of sp³-hybridized carbons (Fsp3) is 0.133. The van der Waals surface area contributed by atoms with E-state index in [0.717, 1.165) is 11.3 Å². The second kappa shape index (κ2) is 5.33. The van der Waals surface area contributed by atoms with E-state index in [4.69, 9.17) is 17.3 Å². The molecular formula is C15H15ClN2O. The summed E-state index contributed by atoms with van der Waals surface area (Å²) in [5, 5.41) is 0.298. The zero-order valence-corrected chi connectivity index (χ0v) is 11.6. The number of halogens is 1. The molecule has 0 atom stereocenters. The number of nitrogen functional groups attached to an aromatic ring is 1. The molecule has 0 heterocycles. The molecule has 0 unspecified atom stereocenters. The Balaban J connectivity index is 2.36. The summed E-state index contributed by atoms with van der Waals surface area (Å²) >= 11 is 6.08. The van der Waals surface area contributed by atoms with E-state index in [0.29, 0.717) is 16.3 Å². The first kappa shape index (κ1) is 13.4. The summed E-state index contributed by atoms with van der Waals surface area (Å²) in [6, 6.07) is 12.8. The highest BCUT2D eigenvalue weighted by molar-refractivity contribution is 6.36. The number of rotatable bonds is 2. The number of anilines is 2. The van der Waals surface area contributed by atoms with Gasteiger partial charge in [0.25, 0.3) is 5.91 Å². The number of hydrogen-bond acceptors (Lipinski definition) is 2. The van der Waals surface area contributed by atoms with Crippen LogP contribution >= 0.6 is 11.6 Å². The van der Waals surface area contributed by atoms with E-state index in [1.54, 1.807) is 30.1 Å². The van der Waals surface area contributed by atoms with Crippen molar-refractivity contribution in [3.63, 3.8) is 0 Å². The van der Waals surface area contributed by atoms with Crippen molar-refractivity contribution in [3.8, 4) is 0 Å². The molecule has 0 saturated heterocycles. The number of aryl methyl sites for hydroxylation is 1. The Hall–Kier alpha value is -2.00. The van der Waals surface area contributed by atoms with Gasteiger partial charge in [0.1, 0.15) is 0 Å². The number of hydrogen-bond donors (Lipinski definition) is 1. The molecule has 19 heavy (non-hydrogen) atoms. The Labute approximate surface area is 117 Å². The summed E-state index contributed by atoms with van der Waals surface area (Å²) in [5.74, 6) is -0.178. The molecule has 0 aliphatic carbocycles. The molecule has 0 saturated carbocycles. The van der Waals surface area contributed by atoms with Crippen LogP contribution in [-0.2, 0) is 0 Å². The summed E-state index contributed by atoms with van der Waals surface area (Å²) < 4.78 is 0. The minimum atomic E-state index is -0.178. The third kappa shape index (κ3) is 2.71. The molecule has 1 amide bonds. The first-order chi connectivity index (χ1) is 9.00. The molecule has 0 radical (unpaired) electrons. The second-order valence-corrected chi connectivity index (χ2v) is 4.79. The normalized spacial score (nSPS) is 10.3. The fourth-order valence-corrected chi connectivity index (χ4v) is 2.06. The largest absolute Gasteiger partial charge is 0.398 e. The van der Waals surface area contributed by atoms with Gasteiger partial charge in [0.2, 0.25) is 0 Å². The molecule has 98 valence electrons. The first-order valence-electron chi connectivity index (χ1n) is 5.89. The zero-order valence-electron chi connectivity index (χ0n) is 10.9. The van der Waals surface area contributed by atoms with Crippen molar-refractivity contribution < 1.29 is 4.79 Å². The maximum absolute atomic E-state index is 12.4. The number of nitrogens with zero attached hydrogens (tertiary/aromatic N) is 1. The summed E-state index contributed by atoms with van der Waals surface area (Å²) in [6.07, 6.45) is 0. The van der Waals surface area contributed by atoms with Crippen LogP contribution in [0.15, 0.2) is 42.5 Å². The molecule has 0 bridgehead atoms. The van der Waals surface area contributed by atoms with Crippen molar-refractivity contribution in [1.82, 2.24) is 0 Å². The number of nitrogens with two attached hydrogens (primary N) is 1. The average Bonchev–Trinajstić information content (AvgIpc) is 2.40. The lowest BCUT2D eigenvalue weighted by Crippen LogP contribution is -2.26. The molecule has 2 rings (SSSR count). The lowest BCUT2D eigenvalue weighted by molar-refractivity contribution is 0.0993. The highest BCUT2D eigenvalue weighted by Gasteiger charge is 2.17. The second-order valence-electron chi connectivity index (χ2n) is 4.41. The van der Waals surface area contributed by atoms with Gasteiger partial charge < -0.3 is 10.6 Å². The van der Waals surface area contributed by atoms with E-state index in [9.17, 15) is 4.79 Å². The highest BCUT2D eigenvalue weighted by Crippen LogP contribution is 2.25. The maximum Gasteiger partial charge on any atom is 0.259 e. The fourth-order valence-electron chi connectivity index (χ4n) is 1.85. The van der Waals surface area contributed by atoms with E-state index in [1.165, 1.54) is 0 Å². The third-order valence-corrected chi connectivity index (χ3v) is 3.37. The highest BCUT2D eigenvalue weighted by atomic mass is 35.5. The van der Waals surface area contributed by atoms with E-state index in [1.807, 2.05) is 31.2 Å². The van der Waals surface area contributed by atoms with E-state index < -0.39 is 0 Å². The van der Waals surface area contributed by atoms with Crippen molar-refractivity contribution >= 4 is 28.9 Å². The summed E-state index contributed by atoms with van der Waals surface area (Å²) in [4.78, 5) is 14.0. The first-order valence-corrected chi connectivity index (χ1v) is 6.27. The van der Waals surface area contributed by atoms with Gasteiger partial charge >= 0.3 is 0 Å². The molecule has 0 fully saturated rings. The van der Waals surface area contributed by atoms with Crippen LogP contribution in [0, 0.1) is 6.92 Å². The van der Waals surface area contributed by atoms with Gasteiger partial charge in [0.15, 0.2) is 0 Å². The quantitative estimate of drug-likeness (QED) is 0.852. The lowest BCUT2D eigenvalue weighted by Gasteiger charge is -2.19. The Bertz CT molecular complexity index is 625. The van der Waals surface area contributed by atoms with Crippen LogP contribution in [0.5, 0.6) is 0 Å². The monoisotopic (exact) mass is 274 g/mol. The molecule has 3 nitrogen and oxygen atoms in total. The van der Waals surface area contributed by atoms with Gasteiger partial charge in [-0.25, -0.2) is 0 Å². The standard InChI is InChI=1S/C15H15ClN2O/c1-10-5-3-6-11(9-10)18(2)15(19)12-7-4-8-13(17)14(12)16/h3-9H,17H2,1-2H3. The van der Waals surface area contributed by atoms with Gasteiger partial charge in [-0.3, -0.25) is 4.79 Å². The summed E-state index contributed by atoms with van der Waals surface area (Å²) in [7, 11) is 1.72. The molecule has 0 aliphatic heterocycles. The van der Waals surface area contributed by atoms with Crippen LogP contribution in [0.1, 0.15) is 15.9 Å². The SMILES string of the molecule is Cc1cccc(N(C)C(=O)c2cccc(N)c2Cl)c1. The van der Waals surface area contributed by atoms with Crippen LogP contribution in [-0.4, -0.2) is 13.0 Å². The van der Waals surface area contributed by atoms with Crippen LogP contribution < -0.4 is 10.6 Å². The predicted octanol–water partition coefficient (Wildman–Crippen LogP) is 3.51. The maximum atomic E-state index is 12.4. The van der Waals surface area contributed by atoms with E-state index >= 15 is 0 Å². The lowest BCUT2D eigenvalue weighted by atomic mass is 10.1. The Morgan fingerprint density at radius 1 is 1.21 bits per heavy atom. The summed E-state index contributed by atoms with van der Waals surface area (Å²) in [5.41, 5.74) is 8.45. The van der Waals surface area contributed by atoms with Gasteiger partial charge in [-0.1, -0.05) is 29.8 Å². The van der Waals surface area contributed by atoms with Gasteiger partial charge in [0, 0.05) is 12.7 Å². The molecule has 0 aliphatic rings. The molecule has 2 N–H and O–H groups in total. The summed E-state index contributed by atoms with van der Waals surface area (Å²) in [6.45, 7) is 1.98. The van der Waals surface area contributed by atoms with E-state index in [2.05, 4.69) is 0 Å². The Morgan fingerprint density at radius 2 is 1.89 bits per heavy atom. The van der Waals surface area contributed by atoms with Crippen molar-refractivity contribution in [2.75, 3.05) is 17.7 Å². The average molecular weight is 275 g/mol. The van der Waals surface area contributed by atoms with Crippen LogP contribution in [0.25, 0.3) is 0 Å². The zero-order chi connectivity index (χ0) is 14.0. The van der Waals surface area contributed by atoms with Crippen molar-refractivity contribution in [1.29, 1.82) is 0 Å². The number of carbonyl (C=O) groups excluding carboxylic acids is 1. The molecule has 2 aromatic rings. The van der Waals surface area contributed by atoms with Crippen molar-refractivity contribution in [2.24, 2.45) is 0 Å². The molecule has 2 aromatic carbocycles. The van der Waals surface area contributed by atoms with Crippen LogP contribution in [0.2, 0.25) is 5.02 Å². The number of carbonyl (C=O) groups is 1. The van der Waals surface area contributed by atoms with Crippen LogP contribution in [0.3, 0.4) is 0 Å². The Kier molecular flexibility index (Phi) is 3.76. The smallest absolute Gasteiger partial charge is 0.259 e. The van der Waals surface area contributed by atoms with Crippen molar-refractivity contribution in [2.45, 2.75) is 6.92 Å². The predicted molar refractivity (Wildman–Crippen MR) is 79.8 cm³/mol. The van der Waals surface area contributed by atoms with Crippen LogP contribution in [0.4, 0.5) is 11.4 Å². The molecule has 0 spiro atoms. The number of benzene rings is 2. The minimum Gasteiger partial charge on any atom is -0.398 e. The van der Waals surface area contributed by atoms with Gasteiger partial charge in [0.05, 0.1) is 16.3 Å². The molecular weight excluding hydrogens is 260 g/mol. The topological polar surface area (TPSA) is 46.3 Å². The van der Waals surface area contributed by atoms with Gasteiger partial charge in [-0.15, -0.1) is 0 Å². The van der Waals surface area contributed by atoms with E-state index in [-0.39, 0.29) is 5.91 Å². The van der Waals surface area contributed by atoms with Gasteiger partial charge in [-0.2, -0.15) is 0 Å². The van der Waals surface area contributed by atoms with Gasteiger partial charge in [-0.05, 0) is 36.8 Å².